The summed E-state index contributed by atoms with van der Waals surface area (Å²) in [5.74, 6) is 1.84. The Hall–Kier alpha value is -5.99. The van der Waals surface area contributed by atoms with Crippen LogP contribution in [0.3, 0.4) is 0 Å². The average Bonchev–Trinajstić information content (AvgIpc) is 3.37. The van der Waals surface area contributed by atoms with E-state index in [1.807, 2.05) is 18.2 Å². The number of unbranched alkanes of at least 4 members (excludes halogenated alkanes) is 18. The molecule has 0 atom stereocenters. The van der Waals surface area contributed by atoms with E-state index in [0.29, 0.717) is 5.57 Å². The van der Waals surface area contributed by atoms with Gasteiger partial charge in [0.1, 0.15) is 24.6 Å². The van der Waals surface area contributed by atoms with Crippen LogP contribution >= 0.6 is 0 Å². The van der Waals surface area contributed by atoms with Gasteiger partial charge in [-0.2, -0.15) is 5.26 Å². The largest absolute Gasteiger partial charge is 0.494 e. The van der Waals surface area contributed by atoms with Gasteiger partial charge in [0.25, 0.3) is 0 Å². The smallest absolute Gasteiger partial charge is 0.168 e. The number of nitrogens with zero attached hydrogens (tertiary/aromatic N) is 3. The Bertz CT molecular complexity index is 2250. The fraction of sp³-hybridized carbons (Fsp3) is 0.393. The summed E-state index contributed by atoms with van der Waals surface area (Å²) in [5.41, 5.74) is 7.09. The van der Waals surface area contributed by atoms with Crippen LogP contribution in [0.1, 0.15) is 140 Å². The lowest BCUT2D eigenvalue weighted by atomic mass is 9.98. The van der Waals surface area contributed by atoms with E-state index < -0.39 is 0 Å². The molecule has 66 heavy (non-hydrogen) atoms. The highest BCUT2D eigenvalue weighted by atomic mass is 16.5. The number of aryl methyl sites for hydroxylation is 2. The minimum atomic E-state index is 0.643. The van der Waals surface area contributed by atoms with Crippen molar-refractivity contribution in [1.82, 2.24) is 0 Å². The fourth-order valence-electron chi connectivity index (χ4n) is 8.62. The average molecular weight is 882 g/mol. The number of benzene rings is 4. The Labute approximate surface area is 397 Å². The SMILES string of the molecule is N#C/C(=C\c1ccc(-c2ccc(OCCCCCCCCCCCC[n+]3ccccc3)cc2)cc1)c1ccc(-c2ccc(OCCCCCCCCCCCC[n+]3ccccc3)cc2)cc1. The second-order valence-electron chi connectivity index (χ2n) is 17.9. The Morgan fingerprint density at radius 1 is 0.379 bits per heavy atom. The summed E-state index contributed by atoms with van der Waals surface area (Å²) in [7, 11) is 0. The first-order valence-electron chi connectivity index (χ1n) is 25.4. The van der Waals surface area contributed by atoms with E-state index in [1.165, 1.54) is 116 Å². The van der Waals surface area contributed by atoms with Crippen molar-refractivity contribution in [2.75, 3.05) is 13.2 Å². The minimum Gasteiger partial charge on any atom is -0.494 e. The molecule has 5 nitrogen and oxygen atoms in total. The summed E-state index contributed by atoms with van der Waals surface area (Å²) in [4.78, 5) is 0. The molecule has 6 aromatic rings. The number of rotatable bonds is 32. The Balaban J connectivity index is 0.802. The second kappa shape index (κ2) is 30.3. The van der Waals surface area contributed by atoms with Gasteiger partial charge in [0.05, 0.1) is 24.9 Å². The third-order valence-electron chi connectivity index (χ3n) is 12.6. The van der Waals surface area contributed by atoms with Gasteiger partial charge in [-0.05, 0) is 89.4 Å². The zero-order valence-corrected chi connectivity index (χ0v) is 39.7. The van der Waals surface area contributed by atoms with Crippen molar-refractivity contribution in [3.8, 4) is 39.8 Å². The number of pyridine rings is 2. The van der Waals surface area contributed by atoms with Crippen LogP contribution in [0.5, 0.6) is 11.5 Å². The molecule has 5 heteroatoms. The number of nitriles is 1. The van der Waals surface area contributed by atoms with Crippen molar-refractivity contribution in [3.63, 3.8) is 0 Å². The quantitative estimate of drug-likeness (QED) is 0.0184. The highest BCUT2D eigenvalue weighted by molar-refractivity contribution is 5.90. The normalized spacial score (nSPS) is 11.3. The molecular formula is C61H75N3O2+2. The summed E-state index contributed by atoms with van der Waals surface area (Å²) in [6, 6.07) is 48.4. The molecule has 0 aliphatic heterocycles. The topological polar surface area (TPSA) is 50.0 Å². The van der Waals surface area contributed by atoms with Crippen LogP contribution in [0.25, 0.3) is 33.9 Å². The van der Waals surface area contributed by atoms with Gasteiger partial charge in [-0.3, -0.25) is 0 Å². The third-order valence-corrected chi connectivity index (χ3v) is 12.6. The highest BCUT2D eigenvalue weighted by Crippen LogP contribution is 2.28. The number of hydrogen-bond acceptors (Lipinski definition) is 3. The lowest BCUT2D eigenvalue weighted by molar-refractivity contribution is -0.697. The predicted molar refractivity (Wildman–Crippen MR) is 274 cm³/mol. The van der Waals surface area contributed by atoms with Gasteiger partial charge in [-0.25, -0.2) is 9.13 Å². The molecule has 0 unspecified atom stereocenters. The molecule has 0 saturated carbocycles. The van der Waals surface area contributed by atoms with Gasteiger partial charge in [-0.15, -0.1) is 0 Å². The molecule has 0 aliphatic rings. The lowest BCUT2D eigenvalue weighted by Crippen LogP contribution is -2.32. The Kier molecular flexibility index (Phi) is 22.7. The van der Waals surface area contributed by atoms with Gasteiger partial charge < -0.3 is 9.47 Å². The first-order chi connectivity index (χ1) is 32.7. The molecular weight excluding hydrogens is 807 g/mol. The van der Waals surface area contributed by atoms with E-state index in [9.17, 15) is 5.26 Å². The van der Waals surface area contributed by atoms with E-state index in [0.717, 1.165) is 84.0 Å². The minimum absolute atomic E-state index is 0.643. The number of hydrogen-bond donors (Lipinski definition) is 0. The monoisotopic (exact) mass is 882 g/mol. The van der Waals surface area contributed by atoms with Crippen molar-refractivity contribution in [2.45, 2.75) is 142 Å². The van der Waals surface area contributed by atoms with Gasteiger partial charge in [-0.1, -0.05) is 175 Å². The van der Waals surface area contributed by atoms with Crippen LogP contribution in [0.15, 0.2) is 158 Å². The van der Waals surface area contributed by atoms with E-state index in [-0.39, 0.29) is 0 Å². The molecule has 4 aromatic carbocycles. The van der Waals surface area contributed by atoms with Crippen molar-refractivity contribution < 1.29 is 18.6 Å². The van der Waals surface area contributed by atoms with Crippen molar-refractivity contribution in [2.24, 2.45) is 0 Å². The maximum Gasteiger partial charge on any atom is 0.168 e. The Morgan fingerprint density at radius 3 is 1.06 bits per heavy atom. The van der Waals surface area contributed by atoms with Crippen LogP contribution in [0, 0.1) is 11.3 Å². The highest BCUT2D eigenvalue weighted by Gasteiger charge is 2.06. The Morgan fingerprint density at radius 2 is 0.697 bits per heavy atom. The van der Waals surface area contributed by atoms with E-state index in [1.54, 1.807) is 0 Å². The standard InChI is InChI=1S/C61H75N3O2/c62-52-59(58-33-31-55(32-34-58)57-37-41-61(42-38-57)66-50-26-16-12-8-4-2-6-10-14-20-44-64-47-23-18-24-48-64)51-53-27-29-54(30-28-53)56-35-39-60(40-36-56)65-49-25-15-11-7-3-1-5-9-13-19-43-63-45-21-17-22-46-63/h17-18,21-24,27-42,45-48,51H,1-16,19-20,25-26,43-44,49-50H2/q+2/b59-51+. The molecule has 0 radical (unpaired) electrons. The van der Waals surface area contributed by atoms with Crippen LogP contribution in [0.4, 0.5) is 0 Å². The molecule has 0 aliphatic carbocycles. The van der Waals surface area contributed by atoms with E-state index in [4.69, 9.17) is 9.47 Å². The second-order valence-corrected chi connectivity index (χ2v) is 17.9. The maximum absolute atomic E-state index is 10.1. The molecule has 6 rings (SSSR count). The zero-order chi connectivity index (χ0) is 45.5. The lowest BCUT2D eigenvalue weighted by Gasteiger charge is -2.09. The van der Waals surface area contributed by atoms with Gasteiger partial charge in [0.2, 0.25) is 0 Å². The van der Waals surface area contributed by atoms with Gasteiger partial charge in [0, 0.05) is 37.1 Å². The van der Waals surface area contributed by atoms with E-state index in [2.05, 4.69) is 161 Å². The number of ether oxygens (including phenoxy) is 2. The van der Waals surface area contributed by atoms with Crippen molar-refractivity contribution >= 4 is 11.6 Å². The zero-order valence-electron chi connectivity index (χ0n) is 39.7. The summed E-state index contributed by atoms with van der Waals surface area (Å²) in [6.45, 7) is 3.80. The summed E-state index contributed by atoms with van der Waals surface area (Å²) >= 11 is 0. The molecule has 0 bridgehead atoms. The van der Waals surface area contributed by atoms with E-state index >= 15 is 0 Å². The van der Waals surface area contributed by atoms with Gasteiger partial charge >= 0.3 is 0 Å². The van der Waals surface area contributed by atoms with Crippen LogP contribution in [0.2, 0.25) is 0 Å². The van der Waals surface area contributed by atoms with Crippen LogP contribution in [-0.2, 0) is 13.1 Å². The third kappa shape index (κ3) is 18.9. The van der Waals surface area contributed by atoms with Crippen molar-refractivity contribution in [1.29, 1.82) is 5.26 Å². The van der Waals surface area contributed by atoms with Crippen LogP contribution < -0.4 is 18.6 Å². The maximum atomic E-state index is 10.1. The summed E-state index contributed by atoms with van der Waals surface area (Å²) in [6.07, 6.45) is 36.6. The fourth-order valence-corrected chi connectivity index (χ4v) is 8.62. The number of allylic oxidation sites excluding steroid dienone is 1. The first kappa shape index (κ1) is 49.4. The molecule has 2 aromatic heterocycles. The molecule has 0 amide bonds. The summed E-state index contributed by atoms with van der Waals surface area (Å²) < 4.78 is 16.7. The summed E-state index contributed by atoms with van der Waals surface area (Å²) in [5, 5.41) is 10.1. The molecule has 0 saturated heterocycles. The number of aromatic nitrogens is 2. The first-order valence-corrected chi connectivity index (χ1v) is 25.4. The van der Waals surface area contributed by atoms with Crippen LogP contribution in [-0.4, -0.2) is 13.2 Å². The molecule has 0 N–H and O–H groups in total. The predicted octanol–water partition coefficient (Wildman–Crippen LogP) is 15.6. The molecule has 344 valence electrons. The molecule has 0 fully saturated rings. The molecule has 2 heterocycles. The van der Waals surface area contributed by atoms with Gasteiger partial charge in [0.15, 0.2) is 24.8 Å². The molecule has 0 spiro atoms. The van der Waals surface area contributed by atoms with Crippen molar-refractivity contribution in [3.05, 3.63) is 169 Å².